The lowest BCUT2D eigenvalue weighted by atomic mass is 9.70. The van der Waals surface area contributed by atoms with E-state index in [9.17, 15) is 0 Å². The van der Waals surface area contributed by atoms with Crippen LogP contribution in [0.1, 0.15) is 57.2 Å². The lowest BCUT2D eigenvalue weighted by Crippen LogP contribution is -2.28. The number of aromatic amines is 1. The number of H-pyrrole nitrogens is 1. The van der Waals surface area contributed by atoms with E-state index in [-0.39, 0.29) is 0 Å². The Morgan fingerprint density at radius 1 is 1.08 bits per heavy atom. The van der Waals surface area contributed by atoms with Gasteiger partial charge >= 0.3 is 0 Å². The van der Waals surface area contributed by atoms with Crippen molar-refractivity contribution < 1.29 is 4.74 Å². The molecule has 0 bridgehead atoms. The SMILES string of the molecule is C[C@@H](c1nc2ccc(Cl)cc2[nH]1)C1CCC(C2CCOCC2)CC1. The molecule has 1 aromatic carbocycles. The van der Waals surface area contributed by atoms with E-state index in [4.69, 9.17) is 21.3 Å². The van der Waals surface area contributed by atoms with Gasteiger partial charge in [-0.05, 0) is 74.5 Å². The van der Waals surface area contributed by atoms with Crippen molar-refractivity contribution in [1.29, 1.82) is 0 Å². The van der Waals surface area contributed by atoms with Crippen molar-refractivity contribution in [2.75, 3.05) is 13.2 Å². The van der Waals surface area contributed by atoms with Crippen LogP contribution >= 0.6 is 11.6 Å². The van der Waals surface area contributed by atoms with Crippen molar-refractivity contribution in [3.8, 4) is 0 Å². The van der Waals surface area contributed by atoms with E-state index in [0.717, 1.165) is 52.8 Å². The highest BCUT2D eigenvalue weighted by Gasteiger charge is 2.32. The highest BCUT2D eigenvalue weighted by Crippen LogP contribution is 2.42. The number of fused-ring (bicyclic) bond motifs is 1. The summed E-state index contributed by atoms with van der Waals surface area (Å²) in [5.41, 5.74) is 2.08. The minimum atomic E-state index is 0.492. The van der Waals surface area contributed by atoms with Gasteiger partial charge in [-0.1, -0.05) is 18.5 Å². The summed E-state index contributed by atoms with van der Waals surface area (Å²) in [5, 5.41) is 0.766. The topological polar surface area (TPSA) is 37.9 Å². The largest absolute Gasteiger partial charge is 0.381 e. The minimum Gasteiger partial charge on any atom is -0.381 e. The van der Waals surface area contributed by atoms with Crippen LogP contribution in [0.2, 0.25) is 5.02 Å². The Bertz CT molecular complexity index is 684. The van der Waals surface area contributed by atoms with Crippen molar-refractivity contribution in [1.82, 2.24) is 9.97 Å². The maximum Gasteiger partial charge on any atom is 0.110 e. The van der Waals surface area contributed by atoms with Crippen LogP contribution in [0, 0.1) is 17.8 Å². The van der Waals surface area contributed by atoms with Crippen LogP contribution in [-0.2, 0) is 4.74 Å². The maximum absolute atomic E-state index is 6.09. The predicted molar refractivity (Wildman–Crippen MR) is 98.5 cm³/mol. The molecular formula is C20H27ClN2O. The number of hydrogen-bond acceptors (Lipinski definition) is 2. The normalized spacial score (nSPS) is 27.4. The molecule has 3 nitrogen and oxygen atoms in total. The molecule has 1 N–H and O–H groups in total. The summed E-state index contributed by atoms with van der Waals surface area (Å²) in [6, 6.07) is 5.90. The molecule has 1 saturated heterocycles. The third-order valence-corrected chi connectivity index (χ3v) is 6.58. The highest BCUT2D eigenvalue weighted by molar-refractivity contribution is 6.31. The Labute approximate surface area is 149 Å². The first-order valence-corrected chi connectivity index (χ1v) is 9.81. The number of benzene rings is 1. The second kappa shape index (κ2) is 7.05. The smallest absolute Gasteiger partial charge is 0.110 e. The predicted octanol–water partition coefficient (Wildman–Crippen LogP) is 5.55. The van der Waals surface area contributed by atoms with Crippen LogP contribution in [0.25, 0.3) is 11.0 Å². The van der Waals surface area contributed by atoms with Crippen molar-refractivity contribution in [3.63, 3.8) is 0 Å². The number of ether oxygens (including phenoxy) is 1. The number of rotatable bonds is 3. The Kier molecular flexibility index (Phi) is 4.82. The van der Waals surface area contributed by atoms with Gasteiger partial charge < -0.3 is 9.72 Å². The molecule has 2 aromatic rings. The van der Waals surface area contributed by atoms with Gasteiger partial charge in [0.05, 0.1) is 11.0 Å². The Morgan fingerprint density at radius 2 is 1.79 bits per heavy atom. The summed E-state index contributed by atoms with van der Waals surface area (Å²) in [6.07, 6.45) is 7.98. The van der Waals surface area contributed by atoms with E-state index in [2.05, 4.69) is 11.9 Å². The molecule has 4 heteroatoms. The van der Waals surface area contributed by atoms with Gasteiger partial charge in [0.25, 0.3) is 0 Å². The first-order valence-electron chi connectivity index (χ1n) is 9.43. The van der Waals surface area contributed by atoms with E-state index >= 15 is 0 Å². The first kappa shape index (κ1) is 16.4. The number of nitrogens with one attached hydrogen (secondary N) is 1. The third-order valence-electron chi connectivity index (χ3n) is 6.35. The fraction of sp³-hybridized carbons (Fsp3) is 0.650. The van der Waals surface area contributed by atoms with E-state index in [0.29, 0.717) is 5.92 Å². The zero-order valence-corrected chi connectivity index (χ0v) is 15.2. The number of imidazole rings is 1. The van der Waals surface area contributed by atoms with Crippen LogP contribution in [0.4, 0.5) is 0 Å². The molecule has 0 spiro atoms. The Morgan fingerprint density at radius 3 is 2.54 bits per heavy atom. The average molecular weight is 347 g/mol. The Balaban J connectivity index is 1.40. The molecule has 1 aromatic heterocycles. The lowest BCUT2D eigenvalue weighted by molar-refractivity contribution is 0.0342. The lowest BCUT2D eigenvalue weighted by Gasteiger charge is -2.37. The van der Waals surface area contributed by atoms with Crippen LogP contribution < -0.4 is 0 Å². The third kappa shape index (κ3) is 3.34. The zero-order chi connectivity index (χ0) is 16.5. The van der Waals surface area contributed by atoms with Gasteiger partial charge in [-0.2, -0.15) is 0 Å². The van der Waals surface area contributed by atoms with E-state index < -0.39 is 0 Å². The molecule has 1 aliphatic heterocycles. The zero-order valence-electron chi connectivity index (χ0n) is 14.4. The number of hydrogen-bond donors (Lipinski definition) is 1. The van der Waals surface area contributed by atoms with E-state index in [1.807, 2.05) is 18.2 Å². The van der Waals surface area contributed by atoms with Crippen molar-refractivity contribution in [2.24, 2.45) is 17.8 Å². The van der Waals surface area contributed by atoms with Crippen LogP contribution in [0.15, 0.2) is 18.2 Å². The van der Waals surface area contributed by atoms with Crippen LogP contribution in [0.5, 0.6) is 0 Å². The number of nitrogens with zero attached hydrogens (tertiary/aromatic N) is 1. The van der Waals surface area contributed by atoms with Crippen molar-refractivity contribution >= 4 is 22.6 Å². The number of aromatic nitrogens is 2. The van der Waals surface area contributed by atoms with Crippen molar-refractivity contribution in [2.45, 2.75) is 51.4 Å². The molecule has 1 aliphatic carbocycles. The summed E-state index contributed by atoms with van der Waals surface area (Å²) in [6.45, 7) is 4.28. The average Bonchev–Trinajstić information content (AvgIpc) is 3.05. The second-order valence-electron chi connectivity index (χ2n) is 7.70. The van der Waals surface area contributed by atoms with Crippen molar-refractivity contribution in [3.05, 3.63) is 29.0 Å². The minimum absolute atomic E-state index is 0.492. The summed E-state index contributed by atoms with van der Waals surface area (Å²) in [7, 11) is 0. The molecule has 0 amide bonds. The molecule has 0 radical (unpaired) electrons. The van der Waals surface area contributed by atoms with Gasteiger partial charge in [-0.25, -0.2) is 4.98 Å². The molecule has 130 valence electrons. The fourth-order valence-electron chi connectivity index (χ4n) is 4.74. The summed E-state index contributed by atoms with van der Waals surface area (Å²) in [5.74, 6) is 4.20. The molecule has 0 unspecified atom stereocenters. The van der Waals surface area contributed by atoms with E-state index in [1.165, 1.54) is 38.5 Å². The summed E-state index contributed by atoms with van der Waals surface area (Å²) in [4.78, 5) is 8.30. The summed E-state index contributed by atoms with van der Waals surface area (Å²) >= 11 is 6.09. The second-order valence-corrected chi connectivity index (χ2v) is 8.13. The molecule has 2 heterocycles. The molecular weight excluding hydrogens is 320 g/mol. The maximum atomic E-state index is 6.09. The van der Waals surface area contributed by atoms with Gasteiger partial charge in [0.2, 0.25) is 0 Å². The molecule has 1 saturated carbocycles. The fourth-order valence-corrected chi connectivity index (χ4v) is 4.92. The van der Waals surface area contributed by atoms with Gasteiger partial charge in [-0.3, -0.25) is 0 Å². The van der Waals surface area contributed by atoms with Crippen LogP contribution in [-0.4, -0.2) is 23.2 Å². The standard InChI is InChI=1S/C20H27ClN2O/c1-13(20-22-18-7-6-17(21)12-19(18)23-20)14-2-4-15(5-3-14)16-8-10-24-11-9-16/h6-7,12-16H,2-5,8-11H2,1H3,(H,22,23)/t13-,14?,15?/m1/s1. The Hall–Kier alpha value is -1.06. The molecule has 2 fully saturated rings. The summed E-state index contributed by atoms with van der Waals surface area (Å²) < 4.78 is 5.52. The molecule has 4 rings (SSSR count). The molecule has 24 heavy (non-hydrogen) atoms. The van der Waals surface area contributed by atoms with Gasteiger partial charge in [0.15, 0.2) is 0 Å². The van der Waals surface area contributed by atoms with Gasteiger partial charge in [-0.15, -0.1) is 0 Å². The van der Waals surface area contributed by atoms with E-state index in [1.54, 1.807) is 0 Å². The highest BCUT2D eigenvalue weighted by atomic mass is 35.5. The first-order chi connectivity index (χ1) is 11.7. The monoisotopic (exact) mass is 346 g/mol. The molecule has 2 aliphatic rings. The molecule has 1 atom stereocenters. The van der Waals surface area contributed by atoms with Crippen LogP contribution in [0.3, 0.4) is 0 Å². The van der Waals surface area contributed by atoms with Gasteiger partial charge in [0, 0.05) is 24.2 Å². The van der Waals surface area contributed by atoms with Gasteiger partial charge in [0.1, 0.15) is 5.82 Å². The quantitative estimate of drug-likeness (QED) is 0.790. The number of halogens is 1.